The molecule has 0 radical (unpaired) electrons. The van der Waals surface area contributed by atoms with Crippen molar-refractivity contribution in [3.05, 3.63) is 0 Å². The highest BCUT2D eigenvalue weighted by Crippen LogP contribution is 2.30. The van der Waals surface area contributed by atoms with E-state index in [-0.39, 0.29) is 0 Å². The molecule has 1 heterocycles. The zero-order valence-corrected chi connectivity index (χ0v) is 11.9. The van der Waals surface area contributed by atoms with E-state index in [9.17, 15) is 0 Å². The zero-order valence-electron chi connectivity index (χ0n) is 11.9. The molecule has 0 aromatic rings. The Bertz CT molecular complexity index is 229. The van der Waals surface area contributed by atoms with Gasteiger partial charge in [0, 0.05) is 19.7 Å². The molecule has 1 aliphatic heterocycles. The molecule has 3 unspecified atom stereocenters. The molecule has 18 heavy (non-hydrogen) atoms. The van der Waals surface area contributed by atoms with Crippen LogP contribution < -0.4 is 5.73 Å². The molecule has 1 saturated carbocycles. The fourth-order valence-corrected chi connectivity index (χ4v) is 3.61. The first kappa shape index (κ1) is 14.3. The zero-order chi connectivity index (χ0) is 12.8. The number of likely N-dealkylation sites (N-methyl/N-ethyl adjacent to an activating group) is 1. The summed E-state index contributed by atoms with van der Waals surface area (Å²) in [6.45, 7) is 4.15. The average molecular weight is 254 g/mol. The smallest absolute Gasteiger partial charge is 0.0701 e. The molecular formula is C15H30N2O. The van der Waals surface area contributed by atoms with Crippen molar-refractivity contribution in [1.29, 1.82) is 0 Å². The van der Waals surface area contributed by atoms with E-state index in [1.807, 2.05) is 0 Å². The molecule has 0 amide bonds. The van der Waals surface area contributed by atoms with Crippen molar-refractivity contribution < 1.29 is 4.74 Å². The van der Waals surface area contributed by atoms with Crippen LogP contribution in [0.15, 0.2) is 0 Å². The Morgan fingerprint density at radius 1 is 1.00 bits per heavy atom. The topological polar surface area (TPSA) is 38.5 Å². The summed E-state index contributed by atoms with van der Waals surface area (Å²) >= 11 is 0. The number of ether oxygens (including phenoxy) is 1. The van der Waals surface area contributed by atoms with Crippen LogP contribution in [0.1, 0.15) is 44.9 Å². The van der Waals surface area contributed by atoms with E-state index < -0.39 is 0 Å². The molecule has 1 saturated heterocycles. The molecule has 106 valence electrons. The lowest BCUT2D eigenvalue weighted by Gasteiger charge is -2.35. The normalized spacial score (nSPS) is 33.8. The van der Waals surface area contributed by atoms with Crippen molar-refractivity contribution in [3.63, 3.8) is 0 Å². The maximum Gasteiger partial charge on any atom is 0.0701 e. The predicted molar refractivity (Wildman–Crippen MR) is 75.6 cm³/mol. The maximum absolute atomic E-state index is 5.91. The Morgan fingerprint density at radius 2 is 1.72 bits per heavy atom. The van der Waals surface area contributed by atoms with Crippen molar-refractivity contribution in [2.45, 2.75) is 51.0 Å². The summed E-state index contributed by atoms with van der Waals surface area (Å²) in [6, 6.07) is 0. The van der Waals surface area contributed by atoms with Crippen LogP contribution in [0.3, 0.4) is 0 Å². The largest absolute Gasteiger partial charge is 0.377 e. The Hall–Kier alpha value is -0.120. The summed E-state index contributed by atoms with van der Waals surface area (Å²) in [5, 5.41) is 0. The highest BCUT2D eigenvalue weighted by atomic mass is 16.5. The van der Waals surface area contributed by atoms with E-state index in [1.54, 1.807) is 0 Å². The van der Waals surface area contributed by atoms with Gasteiger partial charge in [-0.2, -0.15) is 0 Å². The van der Waals surface area contributed by atoms with E-state index in [0.29, 0.717) is 6.10 Å². The SMILES string of the molecule is CN(CC1CCCCO1)CC1CCCCC1CN. The first-order chi connectivity index (χ1) is 8.79. The summed E-state index contributed by atoms with van der Waals surface area (Å²) in [4.78, 5) is 2.48. The van der Waals surface area contributed by atoms with Crippen LogP contribution >= 0.6 is 0 Å². The number of hydrogen-bond acceptors (Lipinski definition) is 3. The van der Waals surface area contributed by atoms with Crippen molar-refractivity contribution in [3.8, 4) is 0 Å². The van der Waals surface area contributed by atoms with Gasteiger partial charge in [-0.1, -0.05) is 12.8 Å². The molecule has 2 N–H and O–H groups in total. The molecule has 2 fully saturated rings. The van der Waals surface area contributed by atoms with Gasteiger partial charge < -0.3 is 15.4 Å². The van der Waals surface area contributed by atoms with Crippen LogP contribution in [0.4, 0.5) is 0 Å². The lowest BCUT2D eigenvalue weighted by molar-refractivity contribution is -0.00579. The third kappa shape index (κ3) is 4.22. The number of nitrogens with two attached hydrogens (primary N) is 1. The van der Waals surface area contributed by atoms with Crippen LogP contribution in [-0.4, -0.2) is 44.3 Å². The van der Waals surface area contributed by atoms with Crippen LogP contribution in [-0.2, 0) is 4.74 Å². The highest BCUT2D eigenvalue weighted by molar-refractivity contribution is 4.79. The highest BCUT2D eigenvalue weighted by Gasteiger charge is 2.26. The first-order valence-corrected chi connectivity index (χ1v) is 7.80. The fourth-order valence-electron chi connectivity index (χ4n) is 3.61. The molecule has 3 nitrogen and oxygen atoms in total. The standard InChI is InChI=1S/C15H30N2O/c1-17(12-15-8-4-5-9-18-15)11-14-7-3-2-6-13(14)10-16/h13-15H,2-12,16H2,1H3. The molecule has 0 aromatic heterocycles. The minimum atomic E-state index is 0.476. The molecule has 0 bridgehead atoms. The molecule has 1 aliphatic carbocycles. The van der Waals surface area contributed by atoms with E-state index >= 15 is 0 Å². The average Bonchev–Trinajstić information content (AvgIpc) is 2.40. The van der Waals surface area contributed by atoms with Gasteiger partial charge in [0.15, 0.2) is 0 Å². The molecule has 3 atom stereocenters. The van der Waals surface area contributed by atoms with Crippen molar-refractivity contribution >= 4 is 0 Å². The van der Waals surface area contributed by atoms with Crippen molar-refractivity contribution in [2.24, 2.45) is 17.6 Å². The van der Waals surface area contributed by atoms with Gasteiger partial charge in [0.1, 0.15) is 0 Å². The molecular weight excluding hydrogens is 224 g/mol. The molecule has 0 spiro atoms. The van der Waals surface area contributed by atoms with E-state index in [1.165, 1.54) is 51.5 Å². The summed E-state index contributed by atoms with van der Waals surface area (Å²) < 4.78 is 5.82. The second-order valence-corrected chi connectivity index (χ2v) is 6.25. The maximum atomic E-state index is 5.91. The Labute approximate surface area is 112 Å². The Kier molecular flexibility index (Phi) is 5.93. The predicted octanol–water partition coefficient (Wildman–Crippen LogP) is 2.25. The van der Waals surface area contributed by atoms with Gasteiger partial charge in [0.25, 0.3) is 0 Å². The lowest BCUT2D eigenvalue weighted by Crippen LogP contribution is -2.39. The van der Waals surface area contributed by atoms with Crippen LogP contribution in [0.5, 0.6) is 0 Å². The van der Waals surface area contributed by atoms with Crippen molar-refractivity contribution in [2.75, 3.05) is 33.3 Å². The summed E-state index contributed by atoms with van der Waals surface area (Å²) in [6.07, 6.45) is 9.81. The monoisotopic (exact) mass is 254 g/mol. The second-order valence-electron chi connectivity index (χ2n) is 6.25. The minimum Gasteiger partial charge on any atom is -0.377 e. The summed E-state index contributed by atoms with van der Waals surface area (Å²) in [7, 11) is 2.25. The first-order valence-electron chi connectivity index (χ1n) is 7.80. The van der Waals surface area contributed by atoms with Gasteiger partial charge >= 0.3 is 0 Å². The van der Waals surface area contributed by atoms with Gasteiger partial charge in [0.05, 0.1) is 6.10 Å². The Morgan fingerprint density at radius 3 is 2.39 bits per heavy atom. The lowest BCUT2D eigenvalue weighted by atomic mass is 9.79. The molecule has 0 aromatic carbocycles. The summed E-state index contributed by atoms with van der Waals surface area (Å²) in [5.74, 6) is 1.57. The third-order valence-corrected chi connectivity index (χ3v) is 4.70. The van der Waals surface area contributed by atoms with Gasteiger partial charge in [0.2, 0.25) is 0 Å². The number of hydrogen-bond donors (Lipinski definition) is 1. The molecule has 2 aliphatic rings. The molecule has 3 heteroatoms. The Balaban J connectivity index is 1.73. The van der Waals surface area contributed by atoms with Gasteiger partial charge in [-0.3, -0.25) is 0 Å². The van der Waals surface area contributed by atoms with Crippen LogP contribution in [0, 0.1) is 11.8 Å². The van der Waals surface area contributed by atoms with Gasteiger partial charge in [-0.05, 0) is 57.5 Å². The number of rotatable bonds is 5. The fraction of sp³-hybridized carbons (Fsp3) is 1.00. The summed E-state index contributed by atoms with van der Waals surface area (Å²) in [5.41, 5.74) is 5.91. The quantitative estimate of drug-likeness (QED) is 0.818. The third-order valence-electron chi connectivity index (χ3n) is 4.70. The number of nitrogens with zero attached hydrogens (tertiary/aromatic N) is 1. The van der Waals surface area contributed by atoms with E-state index in [2.05, 4.69) is 11.9 Å². The van der Waals surface area contributed by atoms with E-state index in [4.69, 9.17) is 10.5 Å². The minimum absolute atomic E-state index is 0.476. The molecule has 2 rings (SSSR count). The van der Waals surface area contributed by atoms with Crippen molar-refractivity contribution in [1.82, 2.24) is 4.90 Å². The van der Waals surface area contributed by atoms with E-state index in [0.717, 1.165) is 31.5 Å². The van der Waals surface area contributed by atoms with Crippen LogP contribution in [0.2, 0.25) is 0 Å². The van der Waals surface area contributed by atoms with Gasteiger partial charge in [-0.25, -0.2) is 0 Å². The van der Waals surface area contributed by atoms with Gasteiger partial charge in [-0.15, -0.1) is 0 Å². The second kappa shape index (κ2) is 7.46. The van der Waals surface area contributed by atoms with Crippen LogP contribution in [0.25, 0.3) is 0 Å².